The zero-order chi connectivity index (χ0) is 21.8. The van der Waals surface area contributed by atoms with E-state index in [1.165, 1.54) is 12.1 Å². The summed E-state index contributed by atoms with van der Waals surface area (Å²) in [4.78, 5) is 18.7. The Hall–Kier alpha value is -2.66. The van der Waals surface area contributed by atoms with Crippen molar-refractivity contribution in [1.82, 2.24) is 19.8 Å². The molecule has 0 saturated carbocycles. The number of nitrogens with zero attached hydrogens (tertiary/aromatic N) is 3. The Balaban J connectivity index is 1.32. The molecule has 2 aliphatic heterocycles. The Morgan fingerprint density at radius 3 is 2.81 bits per heavy atom. The molecular weight excluding hydrogens is 424 g/mol. The van der Waals surface area contributed by atoms with Gasteiger partial charge in [-0.3, -0.25) is 4.79 Å². The zero-order valence-corrected chi connectivity index (χ0v) is 18.2. The quantitative estimate of drug-likeness (QED) is 0.704. The molecule has 1 aromatic heterocycles. The molecule has 0 radical (unpaired) electrons. The minimum Gasteiger partial charge on any atom is -0.490 e. The number of amides is 1. The van der Waals surface area contributed by atoms with Gasteiger partial charge >= 0.3 is 0 Å². The van der Waals surface area contributed by atoms with Gasteiger partial charge in [-0.2, -0.15) is 4.98 Å². The molecule has 31 heavy (non-hydrogen) atoms. The Morgan fingerprint density at radius 1 is 1.23 bits per heavy atom. The lowest BCUT2D eigenvalue weighted by Crippen LogP contribution is -2.40. The first-order valence-corrected chi connectivity index (χ1v) is 11.9. The van der Waals surface area contributed by atoms with Crippen molar-refractivity contribution in [1.29, 1.82) is 0 Å². The minimum absolute atomic E-state index is 0.0104. The van der Waals surface area contributed by atoms with Crippen molar-refractivity contribution in [3.63, 3.8) is 0 Å². The van der Waals surface area contributed by atoms with Gasteiger partial charge in [0.25, 0.3) is 0 Å². The van der Waals surface area contributed by atoms with Crippen LogP contribution in [0, 0.1) is 6.92 Å². The molecule has 0 aliphatic carbocycles. The second-order valence-electron chi connectivity index (χ2n) is 7.67. The van der Waals surface area contributed by atoms with Crippen LogP contribution in [0.25, 0.3) is 0 Å². The van der Waals surface area contributed by atoms with Crippen molar-refractivity contribution < 1.29 is 27.2 Å². The van der Waals surface area contributed by atoms with Crippen molar-refractivity contribution in [2.75, 3.05) is 32.8 Å². The fraction of sp³-hybridized carbons (Fsp3) is 0.550. The molecule has 168 valence electrons. The van der Waals surface area contributed by atoms with E-state index in [0.717, 1.165) is 19.3 Å². The van der Waals surface area contributed by atoms with Gasteiger partial charge in [-0.15, -0.1) is 0 Å². The van der Waals surface area contributed by atoms with E-state index in [9.17, 15) is 13.2 Å². The summed E-state index contributed by atoms with van der Waals surface area (Å²) in [6.07, 6.45) is 2.52. The molecule has 1 unspecified atom stereocenters. The SMILES string of the molecule is Cc1noc(C2CCCN(C(=O)CCNS(=O)(=O)c3ccc4c(c3)OCCCO4)C2)n1. The highest BCUT2D eigenvalue weighted by molar-refractivity contribution is 7.89. The van der Waals surface area contributed by atoms with E-state index in [4.69, 9.17) is 14.0 Å². The number of ether oxygens (including phenoxy) is 2. The largest absolute Gasteiger partial charge is 0.490 e. The highest BCUT2D eigenvalue weighted by Gasteiger charge is 2.28. The number of likely N-dealkylation sites (tertiary alicyclic amines) is 1. The van der Waals surface area contributed by atoms with Crippen LogP contribution in [0.3, 0.4) is 0 Å². The smallest absolute Gasteiger partial charge is 0.240 e. The van der Waals surface area contributed by atoms with Gasteiger partial charge in [0, 0.05) is 38.5 Å². The van der Waals surface area contributed by atoms with Gasteiger partial charge in [0.05, 0.1) is 24.0 Å². The molecule has 1 amide bonds. The second kappa shape index (κ2) is 9.23. The van der Waals surface area contributed by atoms with Crippen molar-refractivity contribution in [2.45, 2.75) is 43.4 Å². The van der Waals surface area contributed by atoms with Crippen LogP contribution in [0.2, 0.25) is 0 Å². The number of carbonyl (C=O) groups excluding carboxylic acids is 1. The fourth-order valence-corrected chi connectivity index (χ4v) is 4.78. The molecule has 0 bridgehead atoms. The molecular formula is C20H26N4O6S. The third-order valence-corrected chi connectivity index (χ3v) is 6.79. The number of fused-ring (bicyclic) bond motifs is 1. The second-order valence-corrected chi connectivity index (χ2v) is 9.43. The van der Waals surface area contributed by atoms with Crippen molar-refractivity contribution in [2.24, 2.45) is 0 Å². The molecule has 3 heterocycles. The zero-order valence-electron chi connectivity index (χ0n) is 17.4. The standard InChI is InChI=1S/C20H26N4O6S/c1-14-22-20(30-23-14)15-4-2-9-24(13-15)19(25)7-8-21-31(26,27)16-5-6-17-18(12-16)29-11-3-10-28-17/h5-6,12,15,21H,2-4,7-11,13H2,1H3. The molecule has 1 aromatic carbocycles. The van der Waals surface area contributed by atoms with E-state index in [0.29, 0.717) is 49.5 Å². The van der Waals surface area contributed by atoms with Gasteiger partial charge in [-0.1, -0.05) is 5.16 Å². The van der Waals surface area contributed by atoms with E-state index in [2.05, 4.69) is 14.9 Å². The number of sulfonamides is 1. The molecule has 1 N–H and O–H groups in total. The lowest BCUT2D eigenvalue weighted by atomic mass is 9.97. The monoisotopic (exact) mass is 450 g/mol. The summed E-state index contributed by atoms with van der Waals surface area (Å²) in [5, 5.41) is 3.82. The molecule has 1 saturated heterocycles. The lowest BCUT2D eigenvalue weighted by molar-refractivity contribution is -0.132. The predicted molar refractivity (Wildman–Crippen MR) is 109 cm³/mol. The highest BCUT2D eigenvalue weighted by atomic mass is 32.2. The lowest BCUT2D eigenvalue weighted by Gasteiger charge is -2.31. The molecule has 10 nitrogen and oxygen atoms in total. The van der Waals surface area contributed by atoms with Gasteiger partial charge in [0.1, 0.15) is 0 Å². The van der Waals surface area contributed by atoms with Crippen LogP contribution in [0.5, 0.6) is 11.5 Å². The van der Waals surface area contributed by atoms with Crippen LogP contribution in [0.4, 0.5) is 0 Å². The Morgan fingerprint density at radius 2 is 2.03 bits per heavy atom. The fourth-order valence-electron chi connectivity index (χ4n) is 3.73. The van der Waals surface area contributed by atoms with Crippen molar-refractivity contribution in [3.05, 3.63) is 29.9 Å². The number of piperidine rings is 1. The summed E-state index contributed by atoms with van der Waals surface area (Å²) < 4.78 is 44.1. The maximum atomic E-state index is 12.6. The molecule has 2 aromatic rings. The molecule has 0 spiro atoms. The van der Waals surface area contributed by atoms with E-state index in [-0.39, 0.29) is 29.7 Å². The van der Waals surface area contributed by atoms with Crippen molar-refractivity contribution in [3.8, 4) is 11.5 Å². The Bertz CT molecular complexity index is 1040. The minimum atomic E-state index is -3.77. The van der Waals surface area contributed by atoms with E-state index >= 15 is 0 Å². The van der Waals surface area contributed by atoms with Gasteiger partial charge in [-0.25, -0.2) is 13.1 Å². The number of carbonyl (C=O) groups is 1. The molecule has 11 heteroatoms. The third kappa shape index (κ3) is 5.16. The van der Waals surface area contributed by atoms with Gasteiger partial charge in [-0.05, 0) is 31.9 Å². The first-order chi connectivity index (χ1) is 14.9. The van der Waals surface area contributed by atoms with Crippen LogP contribution in [-0.4, -0.2) is 62.2 Å². The Kier molecular flexibility index (Phi) is 6.42. The molecule has 2 aliphatic rings. The van der Waals surface area contributed by atoms with Gasteiger partial charge in [0.15, 0.2) is 17.3 Å². The van der Waals surface area contributed by atoms with Crippen LogP contribution >= 0.6 is 0 Å². The molecule has 1 fully saturated rings. The number of hydrogen-bond donors (Lipinski definition) is 1. The van der Waals surface area contributed by atoms with Crippen molar-refractivity contribution >= 4 is 15.9 Å². The first kappa shape index (κ1) is 21.6. The summed E-state index contributed by atoms with van der Waals surface area (Å²) in [6, 6.07) is 4.51. The predicted octanol–water partition coefficient (Wildman–Crippen LogP) is 1.61. The van der Waals surface area contributed by atoms with Crippen LogP contribution in [0.1, 0.15) is 43.3 Å². The summed E-state index contributed by atoms with van der Waals surface area (Å²) >= 11 is 0. The molecule has 4 rings (SSSR count). The number of benzene rings is 1. The number of aryl methyl sites for hydroxylation is 1. The maximum Gasteiger partial charge on any atom is 0.240 e. The third-order valence-electron chi connectivity index (χ3n) is 5.33. The highest BCUT2D eigenvalue weighted by Crippen LogP contribution is 2.32. The first-order valence-electron chi connectivity index (χ1n) is 10.4. The topological polar surface area (TPSA) is 124 Å². The molecule has 1 atom stereocenters. The Labute approximate surface area is 181 Å². The number of nitrogens with one attached hydrogen (secondary N) is 1. The summed E-state index contributed by atoms with van der Waals surface area (Å²) in [6.45, 7) is 3.90. The van der Waals surface area contributed by atoms with Gasteiger partial charge in [0.2, 0.25) is 21.8 Å². The summed E-state index contributed by atoms with van der Waals surface area (Å²) in [5.74, 6) is 1.96. The number of hydrogen-bond acceptors (Lipinski definition) is 8. The van der Waals surface area contributed by atoms with E-state index < -0.39 is 10.0 Å². The maximum absolute atomic E-state index is 12.6. The van der Waals surface area contributed by atoms with Crippen LogP contribution in [0.15, 0.2) is 27.6 Å². The average molecular weight is 451 g/mol. The van der Waals surface area contributed by atoms with Gasteiger partial charge < -0.3 is 18.9 Å². The number of aromatic nitrogens is 2. The normalized spacial score (nSPS) is 19.1. The number of rotatable bonds is 6. The van der Waals surface area contributed by atoms with Crippen LogP contribution in [-0.2, 0) is 14.8 Å². The average Bonchev–Trinajstić information content (AvgIpc) is 3.06. The summed E-state index contributed by atoms with van der Waals surface area (Å²) in [7, 11) is -3.77. The van der Waals surface area contributed by atoms with E-state index in [1.54, 1.807) is 17.9 Å². The van der Waals surface area contributed by atoms with E-state index in [1.807, 2.05) is 0 Å². The van der Waals surface area contributed by atoms with Crippen LogP contribution < -0.4 is 14.2 Å². The summed E-state index contributed by atoms with van der Waals surface area (Å²) in [5.41, 5.74) is 0.